The minimum absolute atomic E-state index is 0.0422. The molecule has 0 amide bonds. The molecule has 0 atom stereocenters. The van der Waals surface area contributed by atoms with Crippen molar-refractivity contribution in [1.29, 1.82) is 0 Å². The lowest BCUT2D eigenvalue weighted by molar-refractivity contribution is -0.109. The lowest BCUT2D eigenvalue weighted by Gasteiger charge is -2.00. The van der Waals surface area contributed by atoms with Gasteiger partial charge in [-0.1, -0.05) is 23.6 Å². The fraction of sp³-hybridized carbons (Fsp3) is 0.286. The predicted octanol–water partition coefficient (Wildman–Crippen LogP) is 2.63. The maximum Gasteiger partial charge on any atom is 0.337 e. The van der Waals surface area contributed by atoms with Gasteiger partial charge in [-0.05, 0) is 18.2 Å². The van der Waals surface area contributed by atoms with Gasteiger partial charge in [-0.2, -0.15) is 0 Å². The van der Waals surface area contributed by atoms with Crippen molar-refractivity contribution in [2.24, 2.45) is 0 Å². The second-order valence-electron chi connectivity index (χ2n) is 3.61. The van der Waals surface area contributed by atoms with Crippen LogP contribution < -0.4 is 0 Å². The van der Waals surface area contributed by atoms with Crippen LogP contribution in [0.25, 0.3) is 0 Å². The molecule has 5 heteroatoms. The van der Waals surface area contributed by atoms with Gasteiger partial charge in [0, 0.05) is 24.7 Å². The first-order valence-electron chi connectivity index (χ1n) is 5.54. The Bertz CT molecular complexity index is 543. The Kier molecular flexibility index (Phi) is 6.10. The van der Waals surface area contributed by atoms with Crippen LogP contribution in [-0.4, -0.2) is 23.9 Å². The molecular formula is C14H13FO3S. The Hall–Kier alpha value is -1.80. The van der Waals surface area contributed by atoms with E-state index in [1.807, 2.05) is 0 Å². The van der Waals surface area contributed by atoms with Crippen LogP contribution >= 0.6 is 11.8 Å². The normalized spacial score (nSPS) is 9.42. The van der Waals surface area contributed by atoms with Crippen LogP contribution in [0.4, 0.5) is 4.39 Å². The molecule has 0 N–H and O–H groups in total. The summed E-state index contributed by atoms with van der Waals surface area (Å²) >= 11 is 1.19. The monoisotopic (exact) mass is 280 g/mol. The molecule has 0 aliphatic rings. The zero-order valence-corrected chi connectivity index (χ0v) is 11.5. The maximum absolute atomic E-state index is 13.3. The van der Waals surface area contributed by atoms with Gasteiger partial charge < -0.3 is 4.74 Å². The fourth-order valence-electron chi connectivity index (χ4n) is 1.31. The molecule has 100 valence electrons. The fourth-order valence-corrected chi connectivity index (χ4v) is 1.80. The van der Waals surface area contributed by atoms with E-state index >= 15 is 0 Å². The van der Waals surface area contributed by atoms with Gasteiger partial charge in [-0.15, -0.1) is 0 Å². The molecule has 0 heterocycles. The van der Waals surface area contributed by atoms with Crippen LogP contribution in [0.3, 0.4) is 0 Å². The lowest BCUT2D eigenvalue weighted by Crippen LogP contribution is -2.02. The summed E-state index contributed by atoms with van der Waals surface area (Å²) in [5.74, 6) is 5.04. The summed E-state index contributed by atoms with van der Waals surface area (Å²) in [5, 5.41) is 0.0422. The van der Waals surface area contributed by atoms with Crippen LogP contribution in [0.2, 0.25) is 0 Å². The first-order valence-corrected chi connectivity index (χ1v) is 6.52. The molecular weight excluding hydrogens is 267 g/mol. The summed E-state index contributed by atoms with van der Waals surface area (Å²) in [5.41, 5.74) is 0.540. The van der Waals surface area contributed by atoms with Crippen LogP contribution in [0.1, 0.15) is 29.3 Å². The van der Waals surface area contributed by atoms with Crippen molar-refractivity contribution in [2.45, 2.75) is 13.3 Å². The minimum atomic E-state index is -0.602. The second-order valence-corrected chi connectivity index (χ2v) is 4.88. The highest BCUT2D eigenvalue weighted by molar-refractivity contribution is 8.13. The van der Waals surface area contributed by atoms with Crippen molar-refractivity contribution in [2.75, 3.05) is 12.9 Å². The highest BCUT2D eigenvalue weighted by Gasteiger charge is 2.07. The van der Waals surface area contributed by atoms with E-state index in [1.54, 1.807) is 0 Å². The van der Waals surface area contributed by atoms with E-state index < -0.39 is 11.8 Å². The average Bonchev–Trinajstić information content (AvgIpc) is 2.36. The Morgan fingerprint density at radius 1 is 1.37 bits per heavy atom. The van der Waals surface area contributed by atoms with Gasteiger partial charge in [-0.3, -0.25) is 4.79 Å². The quantitative estimate of drug-likeness (QED) is 0.485. The molecule has 0 unspecified atom stereocenters. The largest absolute Gasteiger partial charge is 0.465 e. The zero-order valence-electron chi connectivity index (χ0n) is 10.7. The molecule has 3 nitrogen and oxygen atoms in total. The summed E-state index contributed by atoms with van der Waals surface area (Å²) in [6.45, 7) is 1.49. The van der Waals surface area contributed by atoms with Gasteiger partial charge in [0.2, 0.25) is 0 Å². The van der Waals surface area contributed by atoms with Gasteiger partial charge in [0.05, 0.1) is 12.7 Å². The number of ether oxygens (including phenoxy) is 1. The highest BCUT2D eigenvalue weighted by atomic mass is 32.2. The van der Waals surface area contributed by atoms with E-state index in [0.717, 1.165) is 6.07 Å². The summed E-state index contributed by atoms with van der Waals surface area (Å²) < 4.78 is 17.8. The second kappa shape index (κ2) is 7.59. The molecule has 0 aromatic heterocycles. The standard InChI is InChI=1S/C14H13FO3S/c1-10(16)19-6-4-3-5-11-7-12(14(17)18-2)9-13(15)8-11/h7-9H,4,6H2,1-2H3. The number of thioether (sulfide) groups is 1. The predicted molar refractivity (Wildman–Crippen MR) is 72.4 cm³/mol. The molecule has 1 rings (SSSR count). The average molecular weight is 280 g/mol. The number of carbonyl (C=O) groups is 2. The Morgan fingerprint density at radius 2 is 2.11 bits per heavy atom. The lowest BCUT2D eigenvalue weighted by atomic mass is 10.1. The molecule has 0 aliphatic carbocycles. The number of rotatable bonds is 3. The topological polar surface area (TPSA) is 43.4 Å². The number of halogens is 1. The molecule has 1 aromatic carbocycles. The minimum Gasteiger partial charge on any atom is -0.465 e. The Balaban J connectivity index is 2.73. The van der Waals surface area contributed by atoms with Crippen LogP contribution in [0.15, 0.2) is 18.2 Å². The number of hydrogen-bond donors (Lipinski definition) is 0. The third-order valence-electron chi connectivity index (χ3n) is 2.08. The van der Waals surface area contributed by atoms with Gasteiger partial charge >= 0.3 is 5.97 Å². The highest BCUT2D eigenvalue weighted by Crippen LogP contribution is 2.10. The molecule has 19 heavy (non-hydrogen) atoms. The summed E-state index contributed by atoms with van der Waals surface area (Å²) in [6, 6.07) is 3.82. The van der Waals surface area contributed by atoms with Crippen LogP contribution in [0, 0.1) is 17.7 Å². The van der Waals surface area contributed by atoms with E-state index in [-0.39, 0.29) is 10.7 Å². The van der Waals surface area contributed by atoms with Crippen LogP contribution in [-0.2, 0) is 9.53 Å². The number of carbonyl (C=O) groups excluding carboxylic acids is 2. The zero-order chi connectivity index (χ0) is 14.3. The summed E-state index contributed by atoms with van der Waals surface area (Å²) in [4.78, 5) is 22.0. The van der Waals surface area contributed by atoms with Gasteiger partial charge in [-0.25, -0.2) is 9.18 Å². The van der Waals surface area contributed by atoms with E-state index in [4.69, 9.17) is 0 Å². The first kappa shape index (κ1) is 15.3. The van der Waals surface area contributed by atoms with Gasteiger partial charge in [0.15, 0.2) is 5.12 Å². The molecule has 0 aliphatic heterocycles. The number of benzene rings is 1. The van der Waals surface area contributed by atoms with Crippen LogP contribution in [0.5, 0.6) is 0 Å². The summed E-state index contributed by atoms with van der Waals surface area (Å²) in [7, 11) is 1.23. The first-order chi connectivity index (χ1) is 9.02. The number of methoxy groups -OCH3 is 1. The number of esters is 1. The number of hydrogen-bond acceptors (Lipinski definition) is 4. The SMILES string of the molecule is COC(=O)c1cc(F)cc(C#CCCSC(C)=O)c1. The van der Waals surface area contributed by atoms with E-state index in [1.165, 1.54) is 37.9 Å². The van der Waals surface area contributed by atoms with Crippen molar-refractivity contribution in [3.05, 3.63) is 35.1 Å². The molecule has 0 bridgehead atoms. The van der Waals surface area contributed by atoms with Crippen molar-refractivity contribution >= 4 is 22.8 Å². The molecule has 0 saturated carbocycles. The van der Waals surface area contributed by atoms with E-state index in [2.05, 4.69) is 16.6 Å². The Morgan fingerprint density at radius 3 is 2.74 bits per heavy atom. The van der Waals surface area contributed by atoms with Crippen molar-refractivity contribution in [1.82, 2.24) is 0 Å². The third-order valence-corrected chi connectivity index (χ3v) is 2.90. The molecule has 1 aromatic rings. The summed E-state index contributed by atoms with van der Waals surface area (Å²) in [6.07, 6.45) is 0.522. The van der Waals surface area contributed by atoms with Gasteiger partial charge in [0.1, 0.15) is 5.82 Å². The molecule has 0 radical (unpaired) electrons. The van der Waals surface area contributed by atoms with E-state index in [9.17, 15) is 14.0 Å². The third kappa shape index (κ3) is 5.58. The molecule has 0 saturated heterocycles. The van der Waals surface area contributed by atoms with Crippen molar-refractivity contribution < 1.29 is 18.7 Å². The molecule has 0 fully saturated rings. The van der Waals surface area contributed by atoms with E-state index in [0.29, 0.717) is 17.7 Å². The van der Waals surface area contributed by atoms with Crippen molar-refractivity contribution in [3.8, 4) is 11.8 Å². The molecule has 0 spiro atoms. The van der Waals surface area contributed by atoms with Gasteiger partial charge in [0.25, 0.3) is 0 Å². The maximum atomic E-state index is 13.3. The van der Waals surface area contributed by atoms with Crippen molar-refractivity contribution in [3.63, 3.8) is 0 Å². The smallest absolute Gasteiger partial charge is 0.337 e. The Labute approximate surface area is 115 Å².